The maximum absolute atomic E-state index is 11.5. The number of hydrogen-bond donors (Lipinski definition) is 2. The van der Waals surface area contributed by atoms with Crippen molar-refractivity contribution in [1.29, 1.82) is 0 Å². The van der Waals surface area contributed by atoms with E-state index < -0.39 is 0 Å². The van der Waals surface area contributed by atoms with Gasteiger partial charge in [0.15, 0.2) is 0 Å². The fourth-order valence-corrected chi connectivity index (χ4v) is 1.24. The van der Waals surface area contributed by atoms with Crippen LogP contribution in [0, 0.1) is 5.92 Å². The van der Waals surface area contributed by atoms with E-state index in [9.17, 15) is 4.79 Å². The van der Waals surface area contributed by atoms with Crippen LogP contribution < -0.4 is 11.1 Å². The molecule has 15 heavy (non-hydrogen) atoms. The summed E-state index contributed by atoms with van der Waals surface area (Å²) < 4.78 is 0. The molecule has 0 aromatic heterocycles. The van der Waals surface area contributed by atoms with Gasteiger partial charge in [-0.3, -0.25) is 9.69 Å². The Kier molecular flexibility index (Phi) is 8.33. The van der Waals surface area contributed by atoms with Crippen LogP contribution in [0.1, 0.15) is 27.2 Å². The molecule has 0 saturated heterocycles. The van der Waals surface area contributed by atoms with Gasteiger partial charge in [-0.25, -0.2) is 0 Å². The molecule has 0 aliphatic heterocycles. The van der Waals surface area contributed by atoms with Gasteiger partial charge in [0.25, 0.3) is 0 Å². The van der Waals surface area contributed by atoms with E-state index in [1.54, 1.807) is 0 Å². The van der Waals surface area contributed by atoms with Gasteiger partial charge in [-0.15, -0.1) is 0 Å². The smallest absolute Gasteiger partial charge is 0.234 e. The van der Waals surface area contributed by atoms with Crippen molar-refractivity contribution in [3.63, 3.8) is 0 Å². The van der Waals surface area contributed by atoms with Crippen molar-refractivity contribution in [2.75, 3.05) is 32.7 Å². The summed E-state index contributed by atoms with van der Waals surface area (Å²) in [7, 11) is 0. The first-order valence-electron chi connectivity index (χ1n) is 5.79. The van der Waals surface area contributed by atoms with Gasteiger partial charge in [0.05, 0.1) is 6.54 Å². The van der Waals surface area contributed by atoms with Crippen LogP contribution in [-0.2, 0) is 4.79 Å². The quantitative estimate of drug-likeness (QED) is 0.617. The number of likely N-dealkylation sites (N-methyl/N-ethyl adjacent to an activating group) is 1. The Morgan fingerprint density at radius 3 is 2.60 bits per heavy atom. The van der Waals surface area contributed by atoms with Crippen LogP contribution >= 0.6 is 0 Å². The topological polar surface area (TPSA) is 58.4 Å². The van der Waals surface area contributed by atoms with Crippen LogP contribution in [0.25, 0.3) is 0 Å². The second-order valence-corrected chi connectivity index (χ2v) is 4.21. The summed E-state index contributed by atoms with van der Waals surface area (Å²) in [4.78, 5) is 13.6. The monoisotopic (exact) mass is 215 g/mol. The highest BCUT2D eigenvalue weighted by Gasteiger charge is 2.08. The van der Waals surface area contributed by atoms with E-state index in [-0.39, 0.29) is 5.91 Å². The van der Waals surface area contributed by atoms with E-state index in [1.165, 1.54) is 0 Å². The van der Waals surface area contributed by atoms with Crippen molar-refractivity contribution in [2.45, 2.75) is 27.2 Å². The number of nitrogens with two attached hydrogens (primary N) is 1. The molecule has 0 aromatic carbocycles. The first kappa shape index (κ1) is 14.4. The molecule has 3 N–H and O–H groups in total. The molecule has 0 spiro atoms. The van der Waals surface area contributed by atoms with Crippen LogP contribution in [0.3, 0.4) is 0 Å². The Morgan fingerprint density at radius 2 is 2.13 bits per heavy atom. The number of carbonyl (C=O) groups excluding carboxylic acids is 1. The van der Waals surface area contributed by atoms with Crippen LogP contribution in [-0.4, -0.2) is 43.5 Å². The highest BCUT2D eigenvalue weighted by molar-refractivity contribution is 5.77. The number of carbonyl (C=O) groups is 1. The lowest BCUT2D eigenvalue weighted by Crippen LogP contribution is -2.39. The second kappa shape index (κ2) is 8.68. The average Bonchev–Trinajstić information content (AvgIpc) is 2.21. The van der Waals surface area contributed by atoms with E-state index >= 15 is 0 Å². The zero-order valence-electron chi connectivity index (χ0n) is 10.3. The van der Waals surface area contributed by atoms with Gasteiger partial charge in [-0.05, 0) is 32.0 Å². The van der Waals surface area contributed by atoms with Crippen LogP contribution in [0.5, 0.6) is 0 Å². The molecule has 0 radical (unpaired) electrons. The van der Waals surface area contributed by atoms with Gasteiger partial charge in [0, 0.05) is 6.54 Å². The third-order valence-corrected chi connectivity index (χ3v) is 2.20. The van der Waals surface area contributed by atoms with Gasteiger partial charge in [0.2, 0.25) is 5.91 Å². The minimum absolute atomic E-state index is 0.113. The first-order chi connectivity index (χ1) is 7.10. The van der Waals surface area contributed by atoms with Crippen molar-refractivity contribution in [2.24, 2.45) is 11.7 Å². The largest absolute Gasteiger partial charge is 0.355 e. The van der Waals surface area contributed by atoms with E-state index in [0.717, 1.165) is 26.1 Å². The molecule has 4 heteroatoms. The predicted octanol–water partition coefficient (Wildman–Crippen LogP) is 0.429. The maximum atomic E-state index is 11.5. The zero-order valence-corrected chi connectivity index (χ0v) is 10.3. The Balaban J connectivity index is 3.70. The number of rotatable bonds is 8. The van der Waals surface area contributed by atoms with Gasteiger partial charge >= 0.3 is 0 Å². The summed E-state index contributed by atoms with van der Waals surface area (Å²) in [6, 6.07) is 0. The van der Waals surface area contributed by atoms with Gasteiger partial charge in [-0.2, -0.15) is 0 Å². The van der Waals surface area contributed by atoms with Gasteiger partial charge in [0.1, 0.15) is 0 Å². The molecule has 90 valence electrons. The molecule has 4 nitrogen and oxygen atoms in total. The molecule has 0 rings (SSSR count). The summed E-state index contributed by atoms with van der Waals surface area (Å²) in [6.07, 6.45) is 0.950. The van der Waals surface area contributed by atoms with E-state index in [0.29, 0.717) is 19.0 Å². The summed E-state index contributed by atoms with van der Waals surface area (Å²) in [5, 5.41) is 2.91. The number of nitrogens with zero attached hydrogens (tertiary/aromatic N) is 1. The molecular formula is C11H25N3O. The third kappa shape index (κ3) is 8.39. The molecule has 0 heterocycles. The highest BCUT2D eigenvalue weighted by atomic mass is 16.2. The van der Waals surface area contributed by atoms with Crippen molar-refractivity contribution in [1.82, 2.24) is 10.2 Å². The lowest BCUT2D eigenvalue weighted by atomic mass is 10.2. The van der Waals surface area contributed by atoms with Crippen LogP contribution in [0.15, 0.2) is 0 Å². The summed E-state index contributed by atoms with van der Waals surface area (Å²) in [6.45, 7) is 9.97. The Hall–Kier alpha value is -0.610. The van der Waals surface area contributed by atoms with Crippen molar-refractivity contribution in [3.05, 3.63) is 0 Å². The highest BCUT2D eigenvalue weighted by Crippen LogP contribution is 1.91. The summed E-state index contributed by atoms with van der Waals surface area (Å²) in [5.74, 6) is 0.621. The minimum atomic E-state index is 0.113. The molecular weight excluding hydrogens is 190 g/mol. The number of amides is 1. The molecule has 1 amide bonds. The minimum Gasteiger partial charge on any atom is -0.355 e. The lowest BCUT2D eigenvalue weighted by molar-refractivity contribution is -0.122. The molecule has 0 atom stereocenters. The fourth-order valence-electron chi connectivity index (χ4n) is 1.24. The van der Waals surface area contributed by atoms with Gasteiger partial charge in [-0.1, -0.05) is 20.8 Å². The molecule has 0 aromatic rings. The van der Waals surface area contributed by atoms with Crippen molar-refractivity contribution < 1.29 is 4.79 Å². The number of hydrogen-bond acceptors (Lipinski definition) is 3. The lowest BCUT2D eigenvalue weighted by Gasteiger charge is -2.19. The molecule has 0 unspecified atom stereocenters. The van der Waals surface area contributed by atoms with Crippen LogP contribution in [0.2, 0.25) is 0 Å². The Bertz CT molecular complexity index is 171. The molecule has 0 saturated carbocycles. The van der Waals surface area contributed by atoms with E-state index in [4.69, 9.17) is 5.73 Å². The normalized spacial score (nSPS) is 11.1. The maximum Gasteiger partial charge on any atom is 0.234 e. The summed E-state index contributed by atoms with van der Waals surface area (Å²) >= 11 is 0. The molecule has 0 aliphatic carbocycles. The Labute approximate surface area is 93.2 Å². The van der Waals surface area contributed by atoms with Crippen LogP contribution in [0.4, 0.5) is 0 Å². The molecule has 0 aliphatic rings. The molecule has 0 bridgehead atoms. The SMILES string of the molecule is CCN(CCCN)CC(=O)NCC(C)C. The summed E-state index contributed by atoms with van der Waals surface area (Å²) in [5.41, 5.74) is 5.43. The first-order valence-corrected chi connectivity index (χ1v) is 5.79. The Morgan fingerprint density at radius 1 is 1.47 bits per heavy atom. The third-order valence-electron chi connectivity index (χ3n) is 2.20. The van der Waals surface area contributed by atoms with Crippen molar-refractivity contribution in [3.8, 4) is 0 Å². The van der Waals surface area contributed by atoms with E-state index in [2.05, 4.69) is 31.0 Å². The molecule has 0 fully saturated rings. The van der Waals surface area contributed by atoms with Gasteiger partial charge < -0.3 is 11.1 Å². The van der Waals surface area contributed by atoms with E-state index in [1.807, 2.05) is 0 Å². The standard InChI is InChI=1S/C11H25N3O/c1-4-14(7-5-6-12)9-11(15)13-8-10(2)3/h10H,4-9,12H2,1-3H3,(H,13,15). The predicted molar refractivity (Wildman–Crippen MR) is 63.6 cm³/mol. The average molecular weight is 215 g/mol. The van der Waals surface area contributed by atoms with Crippen molar-refractivity contribution >= 4 is 5.91 Å². The zero-order chi connectivity index (χ0) is 11.7. The second-order valence-electron chi connectivity index (χ2n) is 4.21. The fraction of sp³-hybridized carbons (Fsp3) is 0.909. The number of nitrogens with one attached hydrogen (secondary N) is 1.